The number of pyridine rings is 1. The van der Waals surface area contributed by atoms with Gasteiger partial charge in [0.2, 0.25) is 0 Å². The molecule has 5 heteroatoms. The van der Waals surface area contributed by atoms with Crippen molar-refractivity contribution in [2.24, 2.45) is 0 Å². The summed E-state index contributed by atoms with van der Waals surface area (Å²) in [7, 11) is 0. The fourth-order valence-electron chi connectivity index (χ4n) is 2.32. The highest BCUT2D eigenvalue weighted by Gasteiger charge is 2.33. The largest absolute Gasteiger partial charge is 0.384 e. The first-order valence-corrected chi connectivity index (χ1v) is 7.64. The second-order valence-electron chi connectivity index (χ2n) is 5.22. The number of anilines is 1. The Morgan fingerprint density at radius 3 is 2.90 bits per heavy atom. The zero-order valence-corrected chi connectivity index (χ0v) is 12.2. The molecular weight excluding hydrogens is 270 g/mol. The van der Waals surface area contributed by atoms with Gasteiger partial charge in [-0.15, -0.1) is 0 Å². The van der Waals surface area contributed by atoms with E-state index in [9.17, 15) is 4.79 Å². The fraction of sp³-hybridized carbons (Fsp3) is 0.333. The maximum Gasteiger partial charge on any atom is 0.254 e. The second-order valence-corrected chi connectivity index (χ2v) is 6.00. The van der Waals surface area contributed by atoms with Crippen LogP contribution in [0.2, 0.25) is 0 Å². The molecule has 0 atom stereocenters. The number of carbonyl (C=O) groups is 1. The first-order chi connectivity index (χ1) is 9.63. The summed E-state index contributed by atoms with van der Waals surface area (Å²) in [5.74, 6) is 0.454. The van der Waals surface area contributed by atoms with E-state index in [1.165, 1.54) is 5.56 Å². The molecule has 0 aliphatic heterocycles. The van der Waals surface area contributed by atoms with E-state index in [1.807, 2.05) is 23.3 Å². The number of aryl methyl sites for hydroxylation is 1. The number of carbonyl (C=O) groups excluding carboxylic acids is 1. The van der Waals surface area contributed by atoms with E-state index in [0.29, 0.717) is 24.0 Å². The molecule has 1 amide bonds. The first-order valence-electron chi connectivity index (χ1n) is 6.69. The number of nitrogens with two attached hydrogens (primary N) is 1. The summed E-state index contributed by atoms with van der Waals surface area (Å²) in [6, 6.07) is 5.91. The molecule has 1 saturated carbocycles. The third-order valence-corrected chi connectivity index (χ3v) is 4.13. The fourth-order valence-corrected chi connectivity index (χ4v) is 2.98. The Bertz CT molecular complexity index is 600. The van der Waals surface area contributed by atoms with Crippen LogP contribution < -0.4 is 5.73 Å². The summed E-state index contributed by atoms with van der Waals surface area (Å²) in [6.07, 6.45) is 2.19. The summed E-state index contributed by atoms with van der Waals surface area (Å²) >= 11 is 1.66. The lowest BCUT2D eigenvalue weighted by Gasteiger charge is -2.22. The van der Waals surface area contributed by atoms with E-state index in [-0.39, 0.29) is 5.91 Å². The van der Waals surface area contributed by atoms with Crippen molar-refractivity contribution < 1.29 is 4.79 Å². The maximum absolute atomic E-state index is 12.7. The van der Waals surface area contributed by atoms with E-state index in [2.05, 4.69) is 16.4 Å². The molecule has 2 aromatic heterocycles. The van der Waals surface area contributed by atoms with Gasteiger partial charge < -0.3 is 10.6 Å². The van der Waals surface area contributed by atoms with Gasteiger partial charge in [0.25, 0.3) is 5.91 Å². The normalized spacial score (nSPS) is 14.2. The van der Waals surface area contributed by atoms with Crippen molar-refractivity contribution in [3.8, 4) is 0 Å². The summed E-state index contributed by atoms with van der Waals surface area (Å²) in [6.45, 7) is 2.53. The van der Waals surface area contributed by atoms with Gasteiger partial charge in [-0.25, -0.2) is 4.98 Å². The van der Waals surface area contributed by atoms with Crippen LogP contribution in [0, 0.1) is 6.92 Å². The number of nitrogens with zero attached hydrogens (tertiary/aromatic N) is 2. The average molecular weight is 287 g/mol. The number of aromatic nitrogens is 1. The third kappa shape index (κ3) is 2.82. The zero-order chi connectivity index (χ0) is 14.1. The third-order valence-electron chi connectivity index (χ3n) is 3.40. The second kappa shape index (κ2) is 5.25. The SMILES string of the molecule is Cc1cc(C(=O)N(Cc2ccsc2)C2CC2)cc(N)n1. The summed E-state index contributed by atoms with van der Waals surface area (Å²) < 4.78 is 0. The maximum atomic E-state index is 12.7. The quantitative estimate of drug-likeness (QED) is 0.940. The number of amides is 1. The van der Waals surface area contributed by atoms with Crippen molar-refractivity contribution in [3.05, 3.63) is 45.8 Å². The molecule has 1 aliphatic rings. The Kier molecular flexibility index (Phi) is 3.44. The molecule has 2 heterocycles. The molecule has 2 N–H and O–H groups in total. The highest BCUT2D eigenvalue weighted by atomic mass is 32.1. The van der Waals surface area contributed by atoms with E-state index >= 15 is 0 Å². The van der Waals surface area contributed by atoms with Gasteiger partial charge in [0, 0.05) is 23.8 Å². The van der Waals surface area contributed by atoms with Crippen LogP contribution in [0.5, 0.6) is 0 Å². The molecule has 0 radical (unpaired) electrons. The molecule has 20 heavy (non-hydrogen) atoms. The zero-order valence-electron chi connectivity index (χ0n) is 11.4. The van der Waals surface area contributed by atoms with Crippen LogP contribution in [-0.2, 0) is 6.54 Å². The van der Waals surface area contributed by atoms with Gasteiger partial charge >= 0.3 is 0 Å². The van der Waals surface area contributed by atoms with E-state index in [0.717, 1.165) is 18.5 Å². The van der Waals surface area contributed by atoms with Gasteiger partial charge in [-0.2, -0.15) is 11.3 Å². The Hall–Kier alpha value is -1.88. The molecule has 1 aliphatic carbocycles. The van der Waals surface area contributed by atoms with Crippen molar-refractivity contribution in [1.82, 2.24) is 9.88 Å². The summed E-state index contributed by atoms with van der Waals surface area (Å²) in [4.78, 5) is 18.8. The Morgan fingerprint density at radius 1 is 1.50 bits per heavy atom. The molecule has 0 spiro atoms. The molecule has 3 rings (SSSR count). The smallest absolute Gasteiger partial charge is 0.254 e. The monoisotopic (exact) mass is 287 g/mol. The highest BCUT2D eigenvalue weighted by Crippen LogP contribution is 2.30. The molecular formula is C15H17N3OS. The Balaban J connectivity index is 1.85. The van der Waals surface area contributed by atoms with Crippen LogP contribution >= 0.6 is 11.3 Å². The number of rotatable bonds is 4. The van der Waals surface area contributed by atoms with Gasteiger partial charge in [0.15, 0.2) is 0 Å². The van der Waals surface area contributed by atoms with Crippen molar-refractivity contribution in [2.45, 2.75) is 32.4 Å². The predicted molar refractivity (Wildman–Crippen MR) is 80.6 cm³/mol. The Labute approximate surface area is 122 Å². The van der Waals surface area contributed by atoms with Crippen LogP contribution in [0.4, 0.5) is 5.82 Å². The van der Waals surface area contributed by atoms with Crippen LogP contribution in [0.3, 0.4) is 0 Å². The number of hydrogen-bond donors (Lipinski definition) is 1. The number of nitrogen functional groups attached to an aromatic ring is 1. The standard InChI is InChI=1S/C15H17N3OS/c1-10-6-12(7-14(16)17-10)15(19)18(13-2-3-13)8-11-4-5-20-9-11/h4-7,9,13H,2-3,8H2,1H3,(H2,16,17). The van der Waals surface area contributed by atoms with Gasteiger partial charge in [0.05, 0.1) is 0 Å². The lowest BCUT2D eigenvalue weighted by Crippen LogP contribution is -2.32. The minimum atomic E-state index is 0.0518. The topological polar surface area (TPSA) is 59.2 Å². The molecule has 0 unspecified atom stereocenters. The molecule has 0 aromatic carbocycles. The minimum absolute atomic E-state index is 0.0518. The average Bonchev–Trinajstić information content (AvgIpc) is 3.11. The van der Waals surface area contributed by atoms with Crippen LogP contribution in [0.1, 0.15) is 34.5 Å². The van der Waals surface area contributed by atoms with Crippen LogP contribution in [-0.4, -0.2) is 21.8 Å². The van der Waals surface area contributed by atoms with Gasteiger partial charge in [-0.05, 0) is 54.3 Å². The molecule has 4 nitrogen and oxygen atoms in total. The lowest BCUT2D eigenvalue weighted by atomic mass is 10.2. The lowest BCUT2D eigenvalue weighted by molar-refractivity contribution is 0.0730. The number of thiophene rings is 1. The van der Waals surface area contributed by atoms with Gasteiger partial charge in [0.1, 0.15) is 5.82 Å². The van der Waals surface area contributed by atoms with E-state index in [1.54, 1.807) is 17.4 Å². The van der Waals surface area contributed by atoms with Crippen molar-refractivity contribution in [3.63, 3.8) is 0 Å². The molecule has 2 aromatic rings. The number of hydrogen-bond acceptors (Lipinski definition) is 4. The van der Waals surface area contributed by atoms with Crippen LogP contribution in [0.15, 0.2) is 29.0 Å². The molecule has 1 fully saturated rings. The molecule has 104 valence electrons. The van der Waals surface area contributed by atoms with Gasteiger partial charge in [-0.3, -0.25) is 4.79 Å². The summed E-state index contributed by atoms with van der Waals surface area (Å²) in [5.41, 5.74) is 8.35. The molecule has 0 bridgehead atoms. The highest BCUT2D eigenvalue weighted by molar-refractivity contribution is 7.07. The predicted octanol–water partition coefficient (Wildman–Crippen LogP) is 2.84. The van der Waals surface area contributed by atoms with Gasteiger partial charge in [-0.1, -0.05) is 0 Å². The van der Waals surface area contributed by atoms with Crippen LogP contribution in [0.25, 0.3) is 0 Å². The van der Waals surface area contributed by atoms with Crippen molar-refractivity contribution in [2.75, 3.05) is 5.73 Å². The van der Waals surface area contributed by atoms with E-state index < -0.39 is 0 Å². The molecule has 0 saturated heterocycles. The summed E-state index contributed by atoms with van der Waals surface area (Å²) in [5, 5.41) is 4.13. The first kappa shape index (κ1) is 13.1. The van der Waals surface area contributed by atoms with Crippen molar-refractivity contribution >= 4 is 23.1 Å². The van der Waals surface area contributed by atoms with Crippen molar-refractivity contribution in [1.29, 1.82) is 0 Å². The Morgan fingerprint density at radius 2 is 2.30 bits per heavy atom. The van der Waals surface area contributed by atoms with E-state index in [4.69, 9.17) is 5.73 Å². The minimum Gasteiger partial charge on any atom is -0.384 e.